The minimum Gasteiger partial charge on any atom is -0.480 e. The normalized spacial score (nSPS) is 16.4. The number of piperazine rings is 1. The van der Waals surface area contributed by atoms with Crippen LogP contribution in [0.1, 0.15) is 13.3 Å². The van der Waals surface area contributed by atoms with Gasteiger partial charge in [-0.1, -0.05) is 25.1 Å². The summed E-state index contributed by atoms with van der Waals surface area (Å²) in [5, 5.41) is 11.5. The van der Waals surface area contributed by atoms with Gasteiger partial charge < -0.3 is 20.2 Å². The number of carbonyl (C=O) groups excluding carboxylic acids is 1. The molecule has 1 unspecified atom stereocenters. The van der Waals surface area contributed by atoms with Gasteiger partial charge in [-0.05, 0) is 18.6 Å². The maximum atomic E-state index is 12.0. The summed E-state index contributed by atoms with van der Waals surface area (Å²) in [7, 11) is 0. The lowest BCUT2D eigenvalue weighted by molar-refractivity contribution is -0.139. The zero-order valence-corrected chi connectivity index (χ0v) is 12.2. The predicted octanol–water partition coefficient (Wildman–Crippen LogP) is 1.38. The average molecular weight is 291 g/mol. The van der Waals surface area contributed by atoms with E-state index in [2.05, 4.69) is 10.2 Å². The van der Waals surface area contributed by atoms with Crippen molar-refractivity contribution in [3.8, 4) is 0 Å². The Hall–Kier alpha value is -2.24. The Morgan fingerprint density at radius 2 is 1.81 bits per heavy atom. The first-order chi connectivity index (χ1) is 10.1. The Balaban J connectivity index is 1.86. The number of anilines is 1. The smallest absolute Gasteiger partial charge is 0.326 e. The highest BCUT2D eigenvalue weighted by Crippen LogP contribution is 2.15. The van der Waals surface area contributed by atoms with E-state index in [9.17, 15) is 9.59 Å². The largest absolute Gasteiger partial charge is 0.480 e. The highest BCUT2D eigenvalue weighted by Gasteiger charge is 2.24. The van der Waals surface area contributed by atoms with Crippen LogP contribution < -0.4 is 10.2 Å². The number of amides is 2. The van der Waals surface area contributed by atoms with Crippen LogP contribution in [0.4, 0.5) is 10.5 Å². The first-order valence-corrected chi connectivity index (χ1v) is 7.20. The second-order valence-corrected chi connectivity index (χ2v) is 5.06. The first-order valence-electron chi connectivity index (χ1n) is 7.20. The standard InChI is InChI=1S/C15H21N3O3/c1-2-13(14(19)20)16-15(21)18-10-8-17(9-11-18)12-6-4-3-5-7-12/h3-7,13H,2,8-11H2,1H3,(H,16,21)(H,19,20). The Labute approximate surface area is 124 Å². The molecule has 0 radical (unpaired) electrons. The van der Waals surface area contributed by atoms with Crippen LogP contribution in [0.5, 0.6) is 0 Å². The third-order valence-corrected chi connectivity index (χ3v) is 3.69. The maximum Gasteiger partial charge on any atom is 0.326 e. The van der Waals surface area contributed by atoms with Crippen LogP contribution in [-0.2, 0) is 4.79 Å². The second-order valence-electron chi connectivity index (χ2n) is 5.06. The first kappa shape index (κ1) is 15.2. The summed E-state index contributed by atoms with van der Waals surface area (Å²) >= 11 is 0. The van der Waals surface area contributed by atoms with Crippen molar-refractivity contribution in [1.82, 2.24) is 10.2 Å². The monoisotopic (exact) mass is 291 g/mol. The van der Waals surface area contributed by atoms with Crippen molar-refractivity contribution in [2.75, 3.05) is 31.1 Å². The van der Waals surface area contributed by atoms with Crippen molar-refractivity contribution >= 4 is 17.7 Å². The van der Waals surface area contributed by atoms with Crippen molar-refractivity contribution in [2.45, 2.75) is 19.4 Å². The molecule has 21 heavy (non-hydrogen) atoms. The molecule has 0 bridgehead atoms. The summed E-state index contributed by atoms with van der Waals surface area (Å²) in [5.74, 6) is -0.992. The molecule has 1 saturated heterocycles. The van der Waals surface area contributed by atoms with Crippen LogP contribution in [0.25, 0.3) is 0 Å². The quantitative estimate of drug-likeness (QED) is 0.879. The van der Waals surface area contributed by atoms with E-state index in [4.69, 9.17) is 5.11 Å². The third kappa shape index (κ3) is 3.87. The van der Waals surface area contributed by atoms with Crippen LogP contribution >= 0.6 is 0 Å². The fourth-order valence-corrected chi connectivity index (χ4v) is 2.39. The molecule has 6 heteroatoms. The summed E-state index contributed by atoms with van der Waals surface area (Å²) in [5.41, 5.74) is 1.15. The van der Waals surface area contributed by atoms with Gasteiger partial charge in [-0.15, -0.1) is 0 Å². The lowest BCUT2D eigenvalue weighted by atomic mass is 10.2. The van der Waals surface area contributed by atoms with Crippen molar-refractivity contribution in [3.05, 3.63) is 30.3 Å². The molecule has 1 aliphatic rings. The highest BCUT2D eigenvalue weighted by atomic mass is 16.4. The Kier molecular flexibility index (Phi) is 5.03. The van der Waals surface area contributed by atoms with Gasteiger partial charge in [0.05, 0.1) is 0 Å². The number of carbonyl (C=O) groups is 2. The van der Waals surface area contributed by atoms with Crippen LogP contribution in [0, 0.1) is 0 Å². The molecule has 1 atom stereocenters. The van der Waals surface area contributed by atoms with Gasteiger partial charge in [0.1, 0.15) is 6.04 Å². The summed E-state index contributed by atoms with van der Waals surface area (Å²) in [6.07, 6.45) is 0.380. The number of benzene rings is 1. The van der Waals surface area contributed by atoms with Gasteiger partial charge in [0.2, 0.25) is 0 Å². The molecule has 1 heterocycles. The number of carboxylic acids is 1. The van der Waals surface area contributed by atoms with Gasteiger partial charge in [-0.2, -0.15) is 0 Å². The molecule has 0 aliphatic carbocycles. The Morgan fingerprint density at radius 3 is 2.33 bits per heavy atom. The average Bonchev–Trinajstić information content (AvgIpc) is 2.53. The third-order valence-electron chi connectivity index (χ3n) is 3.69. The molecule has 2 N–H and O–H groups in total. The fourth-order valence-electron chi connectivity index (χ4n) is 2.39. The molecule has 1 fully saturated rings. The van der Waals surface area contributed by atoms with E-state index in [-0.39, 0.29) is 6.03 Å². The number of nitrogens with one attached hydrogen (secondary N) is 1. The molecule has 2 rings (SSSR count). The van der Waals surface area contributed by atoms with Gasteiger partial charge in [0, 0.05) is 31.9 Å². The van der Waals surface area contributed by atoms with Gasteiger partial charge in [0.15, 0.2) is 0 Å². The fraction of sp³-hybridized carbons (Fsp3) is 0.467. The number of aliphatic carboxylic acids is 1. The molecule has 2 amide bonds. The lowest BCUT2D eigenvalue weighted by Gasteiger charge is -2.36. The molecule has 0 aromatic heterocycles. The number of rotatable bonds is 4. The van der Waals surface area contributed by atoms with Gasteiger partial charge in [0.25, 0.3) is 0 Å². The minimum absolute atomic E-state index is 0.294. The molecule has 1 aliphatic heterocycles. The summed E-state index contributed by atoms with van der Waals surface area (Å²) in [4.78, 5) is 26.9. The van der Waals surface area contributed by atoms with Gasteiger partial charge in [-0.3, -0.25) is 0 Å². The van der Waals surface area contributed by atoms with Crippen molar-refractivity contribution in [3.63, 3.8) is 0 Å². The minimum atomic E-state index is -0.992. The van der Waals surface area contributed by atoms with Crippen LogP contribution in [-0.4, -0.2) is 54.2 Å². The number of hydrogen-bond acceptors (Lipinski definition) is 3. The molecular weight excluding hydrogens is 270 g/mol. The zero-order chi connectivity index (χ0) is 15.2. The van der Waals surface area contributed by atoms with Crippen molar-refractivity contribution in [2.24, 2.45) is 0 Å². The van der Waals surface area contributed by atoms with E-state index >= 15 is 0 Å². The number of nitrogens with zero attached hydrogens (tertiary/aromatic N) is 2. The van der Waals surface area contributed by atoms with Crippen molar-refractivity contribution in [1.29, 1.82) is 0 Å². The number of hydrogen-bond donors (Lipinski definition) is 2. The van der Waals surface area contributed by atoms with Gasteiger partial charge >= 0.3 is 12.0 Å². The molecule has 114 valence electrons. The van der Waals surface area contributed by atoms with E-state index in [1.165, 1.54) is 0 Å². The number of urea groups is 1. The van der Waals surface area contributed by atoms with E-state index in [1.807, 2.05) is 30.3 Å². The molecule has 0 saturated carbocycles. The van der Waals surface area contributed by atoms with Gasteiger partial charge in [-0.25, -0.2) is 9.59 Å². The number of carboxylic acid groups (broad SMARTS) is 1. The van der Waals surface area contributed by atoms with Crippen molar-refractivity contribution < 1.29 is 14.7 Å². The SMILES string of the molecule is CCC(NC(=O)N1CCN(c2ccccc2)CC1)C(=O)O. The molecule has 1 aromatic rings. The number of para-hydroxylation sites is 1. The molecule has 6 nitrogen and oxygen atoms in total. The lowest BCUT2D eigenvalue weighted by Crippen LogP contribution is -2.54. The van der Waals surface area contributed by atoms with E-state index < -0.39 is 12.0 Å². The van der Waals surface area contributed by atoms with Crippen LogP contribution in [0.3, 0.4) is 0 Å². The summed E-state index contributed by atoms with van der Waals surface area (Å²) < 4.78 is 0. The predicted molar refractivity (Wildman–Crippen MR) is 80.5 cm³/mol. The highest BCUT2D eigenvalue weighted by molar-refractivity contribution is 5.82. The Morgan fingerprint density at radius 1 is 1.19 bits per heavy atom. The van der Waals surface area contributed by atoms with E-state index in [0.717, 1.165) is 18.8 Å². The molecular formula is C15H21N3O3. The summed E-state index contributed by atoms with van der Waals surface area (Å²) in [6, 6.07) is 8.95. The maximum absolute atomic E-state index is 12.0. The van der Waals surface area contributed by atoms with E-state index in [0.29, 0.717) is 19.5 Å². The zero-order valence-electron chi connectivity index (χ0n) is 12.2. The molecule has 0 spiro atoms. The van der Waals surface area contributed by atoms with E-state index in [1.54, 1.807) is 11.8 Å². The second kappa shape index (κ2) is 6.97. The summed E-state index contributed by atoms with van der Waals surface area (Å²) in [6.45, 7) is 4.43. The van der Waals surface area contributed by atoms with Crippen LogP contribution in [0.2, 0.25) is 0 Å². The Bertz CT molecular complexity index is 484. The topological polar surface area (TPSA) is 72.9 Å². The van der Waals surface area contributed by atoms with Crippen LogP contribution in [0.15, 0.2) is 30.3 Å². The molecule has 1 aromatic carbocycles.